The van der Waals surface area contributed by atoms with E-state index >= 15 is 0 Å². The molecule has 1 aromatic rings. The van der Waals surface area contributed by atoms with Gasteiger partial charge in [-0.15, -0.1) is 0 Å². The standard InChI is InChI=1S/C11H10F5NO4/c12-9(13)6-20-4-5-21-8-3-1-2-7(17(18)19)10(8)11(14,15)16/h1-3,9H,4-6H2. The molecule has 0 aliphatic carbocycles. The number of rotatable bonds is 7. The van der Waals surface area contributed by atoms with Crippen LogP contribution in [0.25, 0.3) is 0 Å². The summed E-state index contributed by atoms with van der Waals surface area (Å²) in [6.07, 6.45) is -7.68. The molecule has 0 aliphatic heterocycles. The first-order chi connectivity index (χ1) is 9.73. The van der Waals surface area contributed by atoms with E-state index in [1.807, 2.05) is 0 Å². The summed E-state index contributed by atoms with van der Waals surface area (Å²) < 4.78 is 71.2. The van der Waals surface area contributed by atoms with Crippen LogP contribution in [0.5, 0.6) is 5.75 Å². The smallest absolute Gasteiger partial charge is 0.426 e. The highest BCUT2D eigenvalue weighted by molar-refractivity contribution is 5.51. The van der Waals surface area contributed by atoms with Crippen molar-refractivity contribution in [3.63, 3.8) is 0 Å². The van der Waals surface area contributed by atoms with E-state index < -0.39 is 47.7 Å². The minimum absolute atomic E-state index is 0.371. The van der Waals surface area contributed by atoms with Gasteiger partial charge in [-0.1, -0.05) is 6.07 Å². The number of nitro benzene ring substituents is 1. The van der Waals surface area contributed by atoms with Gasteiger partial charge in [0.2, 0.25) is 0 Å². The summed E-state index contributed by atoms with van der Waals surface area (Å²) in [4.78, 5) is 9.44. The number of hydrogen-bond acceptors (Lipinski definition) is 4. The van der Waals surface area contributed by atoms with Crippen molar-refractivity contribution in [2.75, 3.05) is 19.8 Å². The van der Waals surface area contributed by atoms with E-state index in [2.05, 4.69) is 4.74 Å². The number of halogens is 5. The highest BCUT2D eigenvalue weighted by atomic mass is 19.4. The van der Waals surface area contributed by atoms with Crippen LogP contribution in [-0.4, -0.2) is 31.2 Å². The largest absolute Gasteiger partial charge is 0.490 e. The Morgan fingerprint density at radius 2 is 1.90 bits per heavy atom. The third-order valence-corrected chi connectivity index (χ3v) is 2.21. The maximum atomic E-state index is 12.8. The molecule has 0 fully saturated rings. The number of hydrogen-bond donors (Lipinski definition) is 0. The van der Waals surface area contributed by atoms with Gasteiger partial charge in [0.1, 0.15) is 19.0 Å². The lowest BCUT2D eigenvalue weighted by Gasteiger charge is -2.14. The molecule has 0 unspecified atom stereocenters. The van der Waals surface area contributed by atoms with Crippen LogP contribution in [0.15, 0.2) is 18.2 Å². The molecule has 0 radical (unpaired) electrons. The molecule has 5 nitrogen and oxygen atoms in total. The van der Waals surface area contributed by atoms with Crippen molar-refractivity contribution in [3.8, 4) is 5.75 Å². The first-order valence-corrected chi connectivity index (χ1v) is 5.56. The molecule has 0 spiro atoms. The van der Waals surface area contributed by atoms with Gasteiger partial charge in [0.15, 0.2) is 5.56 Å². The number of ether oxygens (including phenoxy) is 2. The number of nitrogens with zero attached hydrogens (tertiary/aromatic N) is 1. The van der Waals surface area contributed by atoms with Crippen LogP contribution < -0.4 is 4.74 Å². The van der Waals surface area contributed by atoms with Gasteiger partial charge in [-0.2, -0.15) is 13.2 Å². The van der Waals surface area contributed by atoms with Crippen molar-refractivity contribution < 1.29 is 36.3 Å². The Hall–Kier alpha value is -1.97. The Morgan fingerprint density at radius 3 is 2.43 bits per heavy atom. The molecule has 0 saturated carbocycles. The van der Waals surface area contributed by atoms with Gasteiger partial charge < -0.3 is 9.47 Å². The molecule has 0 heterocycles. The Balaban J connectivity index is 2.82. The van der Waals surface area contributed by atoms with Crippen LogP contribution in [0.1, 0.15) is 5.56 Å². The van der Waals surface area contributed by atoms with Crippen molar-refractivity contribution in [1.29, 1.82) is 0 Å². The quantitative estimate of drug-likeness (QED) is 0.335. The van der Waals surface area contributed by atoms with Crippen LogP contribution >= 0.6 is 0 Å². The van der Waals surface area contributed by atoms with Gasteiger partial charge in [0.25, 0.3) is 12.1 Å². The van der Waals surface area contributed by atoms with Crippen molar-refractivity contribution in [2.24, 2.45) is 0 Å². The van der Waals surface area contributed by atoms with Gasteiger partial charge >= 0.3 is 6.18 Å². The van der Waals surface area contributed by atoms with E-state index in [4.69, 9.17) is 4.74 Å². The predicted octanol–water partition coefficient (Wildman–Crippen LogP) is 3.27. The summed E-state index contributed by atoms with van der Waals surface area (Å²) in [6.45, 7) is -1.69. The number of nitro groups is 1. The van der Waals surface area contributed by atoms with Crippen LogP contribution in [0.4, 0.5) is 27.6 Å². The summed E-state index contributed by atoms with van der Waals surface area (Å²) in [5.74, 6) is -0.752. The summed E-state index contributed by atoms with van der Waals surface area (Å²) in [6, 6.07) is 2.63. The fourth-order valence-corrected chi connectivity index (χ4v) is 1.46. The summed E-state index contributed by atoms with van der Waals surface area (Å²) in [7, 11) is 0. The summed E-state index contributed by atoms with van der Waals surface area (Å²) in [5, 5.41) is 10.6. The normalized spacial score (nSPS) is 11.7. The molecular weight excluding hydrogens is 305 g/mol. The molecule has 21 heavy (non-hydrogen) atoms. The molecular formula is C11H10F5NO4. The Morgan fingerprint density at radius 1 is 1.24 bits per heavy atom. The molecule has 0 amide bonds. The second-order valence-electron chi connectivity index (χ2n) is 3.72. The van der Waals surface area contributed by atoms with E-state index in [9.17, 15) is 32.1 Å². The predicted molar refractivity (Wildman–Crippen MR) is 60.4 cm³/mol. The third-order valence-electron chi connectivity index (χ3n) is 2.21. The van der Waals surface area contributed by atoms with Crippen LogP contribution in [0, 0.1) is 10.1 Å². The molecule has 0 aliphatic rings. The second kappa shape index (κ2) is 7.16. The average Bonchev–Trinajstić information content (AvgIpc) is 2.36. The number of alkyl halides is 5. The van der Waals surface area contributed by atoms with E-state index in [0.29, 0.717) is 6.07 Å². The molecule has 0 bridgehead atoms. The van der Waals surface area contributed by atoms with Crippen LogP contribution in [0.2, 0.25) is 0 Å². The Labute approximate surface area is 115 Å². The fraction of sp³-hybridized carbons (Fsp3) is 0.455. The minimum Gasteiger partial charge on any atom is -0.490 e. The zero-order valence-corrected chi connectivity index (χ0v) is 10.4. The summed E-state index contributed by atoms with van der Waals surface area (Å²) >= 11 is 0. The lowest BCUT2D eigenvalue weighted by Crippen LogP contribution is -2.15. The lowest BCUT2D eigenvalue weighted by molar-refractivity contribution is -0.388. The molecule has 0 atom stereocenters. The zero-order valence-electron chi connectivity index (χ0n) is 10.4. The van der Waals surface area contributed by atoms with E-state index in [1.54, 1.807) is 0 Å². The molecule has 0 N–H and O–H groups in total. The van der Waals surface area contributed by atoms with E-state index in [1.165, 1.54) is 0 Å². The van der Waals surface area contributed by atoms with E-state index in [-0.39, 0.29) is 6.61 Å². The molecule has 1 aromatic carbocycles. The monoisotopic (exact) mass is 315 g/mol. The molecule has 0 saturated heterocycles. The van der Waals surface area contributed by atoms with Gasteiger partial charge in [0.05, 0.1) is 11.5 Å². The molecule has 10 heteroatoms. The Bertz CT molecular complexity index is 492. The first-order valence-electron chi connectivity index (χ1n) is 5.56. The van der Waals surface area contributed by atoms with Crippen molar-refractivity contribution in [3.05, 3.63) is 33.9 Å². The van der Waals surface area contributed by atoms with Gasteiger partial charge in [-0.3, -0.25) is 10.1 Å². The molecule has 0 aromatic heterocycles. The fourth-order valence-electron chi connectivity index (χ4n) is 1.46. The van der Waals surface area contributed by atoms with Gasteiger partial charge in [-0.05, 0) is 6.07 Å². The highest BCUT2D eigenvalue weighted by Crippen LogP contribution is 2.42. The van der Waals surface area contributed by atoms with Gasteiger partial charge in [0, 0.05) is 6.07 Å². The average molecular weight is 315 g/mol. The topological polar surface area (TPSA) is 61.6 Å². The SMILES string of the molecule is O=[N+]([O-])c1cccc(OCCOCC(F)F)c1C(F)(F)F. The maximum Gasteiger partial charge on any atom is 0.426 e. The molecule has 118 valence electrons. The minimum atomic E-state index is -4.98. The van der Waals surface area contributed by atoms with E-state index in [0.717, 1.165) is 12.1 Å². The summed E-state index contributed by atoms with van der Waals surface area (Å²) in [5.41, 5.74) is -2.67. The second-order valence-corrected chi connectivity index (χ2v) is 3.72. The number of benzene rings is 1. The van der Waals surface area contributed by atoms with Crippen LogP contribution in [-0.2, 0) is 10.9 Å². The highest BCUT2D eigenvalue weighted by Gasteiger charge is 2.41. The lowest BCUT2D eigenvalue weighted by atomic mass is 10.1. The zero-order chi connectivity index (χ0) is 16.0. The molecule has 1 rings (SSSR count). The Kier molecular flexibility index (Phi) is 5.82. The van der Waals surface area contributed by atoms with Crippen molar-refractivity contribution in [2.45, 2.75) is 12.6 Å². The van der Waals surface area contributed by atoms with Crippen molar-refractivity contribution in [1.82, 2.24) is 0 Å². The third kappa shape index (κ3) is 5.14. The van der Waals surface area contributed by atoms with Crippen molar-refractivity contribution >= 4 is 5.69 Å². The van der Waals surface area contributed by atoms with Crippen LogP contribution in [0.3, 0.4) is 0 Å². The van der Waals surface area contributed by atoms with Gasteiger partial charge in [-0.25, -0.2) is 8.78 Å². The maximum absolute atomic E-state index is 12.8. The first kappa shape index (κ1) is 17.1.